The molecule has 3 N–H and O–H groups in total. The molecule has 4 heterocycles. The smallest absolute Gasteiger partial charge is 0.321 e. The number of nitrogens with zero attached hydrogens (tertiary/aromatic N) is 3. The summed E-state index contributed by atoms with van der Waals surface area (Å²) in [5, 5.41) is 10.8. The maximum Gasteiger partial charge on any atom is 0.321 e. The number of urea groups is 1. The Labute approximate surface area is 204 Å². The summed E-state index contributed by atoms with van der Waals surface area (Å²) in [6.45, 7) is 3.48. The lowest BCUT2D eigenvalue weighted by molar-refractivity contribution is 0.0952. The maximum absolute atomic E-state index is 12.7. The van der Waals surface area contributed by atoms with E-state index in [4.69, 9.17) is 16.3 Å². The lowest BCUT2D eigenvalue weighted by Crippen LogP contribution is -2.38. The molecule has 0 radical (unpaired) electrons. The fraction of sp³-hybridized carbons (Fsp3) is 0.333. The van der Waals surface area contributed by atoms with E-state index in [1.54, 1.807) is 24.4 Å². The zero-order valence-corrected chi connectivity index (χ0v) is 20.1. The summed E-state index contributed by atoms with van der Waals surface area (Å²) in [4.78, 5) is 36.7. The number of aromatic nitrogens is 2. The average Bonchev–Trinajstić information content (AvgIpc) is 3.46. The fourth-order valence-corrected chi connectivity index (χ4v) is 5.00. The van der Waals surface area contributed by atoms with Gasteiger partial charge >= 0.3 is 6.03 Å². The highest BCUT2D eigenvalue weighted by Gasteiger charge is 2.19. The van der Waals surface area contributed by atoms with Gasteiger partial charge in [0.1, 0.15) is 5.82 Å². The number of hydrogen-bond donors (Lipinski definition) is 3. The Hall–Kier alpha value is -2.73. The van der Waals surface area contributed by atoms with E-state index in [0.29, 0.717) is 66.7 Å². The number of pyridine rings is 1. The van der Waals surface area contributed by atoms with Crippen molar-refractivity contribution in [2.45, 2.75) is 13.0 Å². The van der Waals surface area contributed by atoms with E-state index >= 15 is 0 Å². The number of amides is 3. The molecule has 1 fully saturated rings. The second-order valence-corrected chi connectivity index (χ2v) is 9.80. The van der Waals surface area contributed by atoms with E-state index in [0.717, 1.165) is 10.6 Å². The molecule has 0 bridgehead atoms. The van der Waals surface area contributed by atoms with Crippen molar-refractivity contribution in [3.63, 3.8) is 0 Å². The van der Waals surface area contributed by atoms with Gasteiger partial charge in [-0.05, 0) is 24.3 Å². The first-order valence-corrected chi connectivity index (χ1v) is 12.5. The number of ether oxygens (including phenoxy) is 1. The molecule has 0 saturated carbocycles. The van der Waals surface area contributed by atoms with E-state index in [1.165, 1.54) is 22.7 Å². The first kappa shape index (κ1) is 23.4. The van der Waals surface area contributed by atoms with Crippen LogP contribution in [0.2, 0.25) is 4.34 Å². The zero-order valence-electron chi connectivity index (χ0n) is 17.7. The monoisotopic (exact) mass is 506 g/mol. The predicted molar refractivity (Wildman–Crippen MR) is 131 cm³/mol. The number of morpholine rings is 1. The number of carbonyl (C=O) groups is 2. The predicted octanol–water partition coefficient (Wildman–Crippen LogP) is 3.38. The molecule has 0 unspecified atom stereocenters. The lowest BCUT2D eigenvalue weighted by atomic mass is 10.2. The van der Waals surface area contributed by atoms with Crippen molar-refractivity contribution in [3.8, 4) is 0 Å². The molecule has 12 heteroatoms. The van der Waals surface area contributed by atoms with Gasteiger partial charge in [-0.2, -0.15) is 0 Å². The van der Waals surface area contributed by atoms with E-state index in [1.807, 2.05) is 11.4 Å². The molecule has 9 nitrogen and oxygen atoms in total. The van der Waals surface area contributed by atoms with Gasteiger partial charge in [-0.3, -0.25) is 10.1 Å². The third kappa shape index (κ3) is 6.64. The highest BCUT2D eigenvalue weighted by molar-refractivity contribution is 7.16. The molecule has 0 atom stereocenters. The molecule has 0 aliphatic carbocycles. The van der Waals surface area contributed by atoms with Crippen LogP contribution in [0.4, 0.5) is 15.7 Å². The van der Waals surface area contributed by atoms with Gasteiger partial charge in [0.2, 0.25) is 0 Å². The van der Waals surface area contributed by atoms with Gasteiger partial charge in [0, 0.05) is 42.5 Å². The highest BCUT2D eigenvalue weighted by Crippen LogP contribution is 2.21. The van der Waals surface area contributed by atoms with Crippen LogP contribution in [0, 0.1) is 0 Å². The molecule has 3 aromatic rings. The van der Waals surface area contributed by atoms with Gasteiger partial charge in [0.05, 0.1) is 35.4 Å². The first-order valence-electron chi connectivity index (χ1n) is 10.4. The number of halogens is 1. The van der Waals surface area contributed by atoms with Crippen LogP contribution in [0.5, 0.6) is 0 Å². The van der Waals surface area contributed by atoms with E-state index in [2.05, 4.69) is 30.8 Å². The summed E-state index contributed by atoms with van der Waals surface area (Å²) in [6, 6.07) is 6.88. The minimum Gasteiger partial charge on any atom is -0.378 e. The van der Waals surface area contributed by atoms with E-state index in [9.17, 15) is 9.59 Å². The van der Waals surface area contributed by atoms with Crippen molar-refractivity contribution in [1.82, 2.24) is 20.6 Å². The number of carbonyl (C=O) groups excluding carboxylic acids is 2. The summed E-state index contributed by atoms with van der Waals surface area (Å²) in [5.74, 6) is 0.500. The number of nitrogens with one attached hydrogen (secondary N) is 3. The van der Waals surface area contributed by atoms with Crippen LogP contribution in [-0.4, -0.2) is 54.8 Å². The Morgan fingerprint density at radius 1 is 1.18 bits per heavy atom. The molecule has 4 rings (SSSR count). The third-order valence-electron chi connectivity index (χ3n) is 4.83. The molecule has 0 aromatic carbocycles. The number of thiazole rings is 1. The molecular formula is C21H23ClN6O3S2. The molecule has 1 aliphatic heterocycles. The minimum absolute atomic E-state index is 0.175. The standard InChI is InChI=1S/C21H23ClN6O3S2/c22-17-4-3-15(33-17)12-25-20(30)27-21-26-14(13-32-21)5-7-24-19(29)16-2-1-6-23-18(16)28-8-10-31-11-9-28/h1-4,6,13H,5,7-12H2,(H,24,29)(H2,25,26,27,30). The quantitative estimate of drug-likeness (QED) is 0.432. The SMILES string of the molecule is O=C(NCc1ccc(Cl)s1)Nc1nc(CCNC(=O)c2cccnc2N2CCOCC2)cs1. The lowest BCUT2D eigenvalue weighted by Gasteiger charge is -2.29. The van der Waals surface area contributed by atoms with Crippen LogP contribution in [0.25, 0.3) is 0 Å². The summed E-state index contributed by atoms with van der Waals surface area (Å²) < 4.78 is 6.07. The molecular weight excluding hydrogens is 484 g/mol. The van der Waals surface area contributed by atoms with Gasteiger partial charge in [-0.25, -0.2) is 14.8 Å². The van der Waals surface area contributed by atoms with E-state index in [-0.39, 0.29) is 11.9 Å². The topological polar surface area (TPSA) is 108 Å². The van der Waals surface area contributed by atoms with Crippen molar-refractivity contribution in [2.24, 2.45) is 0 Å². The maximum atomic E-state index is 12.7. The van der Waals surface area contributed by atoms with Crippen LogP contribution in [-0.2, 0) is 17.7 Å². The highest BCUT2D eigenvalue weighted by atomic mass is 35.5. The molecule has 1 aliphatic rings. The molecule has 3 aromatic heterocycles. The number of thiophene rings is 1. The van der Waals surface area contributed by atoms with Crippen molar-refractivity contribution < 1.29 is 14.3 Å². The normalized spacial score (nSPS) is 13.5. The minimum atomic E-state index is -0.332. The van der Waals surface area contributed by atoms with Gasteiger partial charge in [0.15, 0.2) is 5.13 Å². The summed E-state index contributed by atoms with van der Waals surface area (Å²) in [6.07, 6.45) is 2.24. The zero-order chi connectivity index (χ0) is 23.0. The number of hydrogen-bond acceptors (Lipinski definition) is 8. The van der Waals surface area contributed by atoms with Crippen LogP contribution in [0.1, 0.15) is 20.9 Å². The molecule has 1 saturated heterocycles. The molecule has 33 heavy (non-hydrogen) atoms. The van der Waals surface area contributed by atoms with Gasteiger partial charge < -0.3 is 20.3 Å². The molecule has 3 amide bonds. The Morgan fingerprint density at radius 2 is 2.03 bits per heavy atom. The Morgan fingerprint density at radius 3 is 2.82 bits per heavy atom. The van der Waals surface area contributed by atoms with Crippen LogP contribution < -0.4 is 20.9 Å². The largest absolute Gasteiger partial charge is 0.378 e. The molecule has 174 valence electrons. The first-order chi connectivity index (χ1) is 16.1. The van der Waals surface area contributed by atoms with Crippen molar-refractivity contribution >= 4 is 57.2 Å². The Bertz CT molecular complexity index is 1100. The summed E-state index contributed by atoms with van der Waals surface area (Å²) in [7, 11) is 0. The summed E-state index contributed by atoms with van der Waals surface area (Å²) >= 11 is 8.65. The Kier molecular flexibility index (Phi) is 8.10. The van der Waals surface area contributed by atoms with Crippen molar-refractivity contribution in [3.05, 3.63) is 56.3 Å². The van der Waals surface area contributed by atoms with Gasteiger partial charge in [0.25, 0.3) is 5.91 Å². The second kappa shape index (κ2) is 11.4. The van der Waals surface area contributed by atoms with Crippen LogP contribution in [0.3, 0.4) is 0 Å². The summed E-state index contributed by atoms with van der Waals surface area (Å²) in [5.41, 5.74) is 1.34. The van der Waals surface area contributed by atoms with E-state index < -0.39 is 0 Å². The van der Waals surface area contributed by atoms with Gasteiger partial charge in [-0.1, -0.05) is 11.6 Å². The van der Waals surface area contributed by atoms with Crippen LogP contribution in [0.15, 0.2) is 35.8 Å². The third-order valence-corrected chi connectivity index (χ3v) is 6.87. The number of rotatable bonds is 8. The number of anilines is 2. The Balaban J connectivity index is 1.23. The second-order valence-electron chi connectivity index (χ2n) is 7.14. The van der Waals surface area contributed by atoms with Crippen LogP contribution >= 0.6 is 34.3 Å². The van der Waals surface area contributed by atoms with Gasteiger partial charge in [-0.15, -0.1) is 22.7 Å². The van der Waals surface area contributed by atoms with Crippen molar-refractivity contribution in [1.29, 1.82) is 0 Å². The average molecular weight is 507 g/mol. The fourth-order valence-electron chi connectivity index (χ4n) is 3.24. The van der Waals surface area contributed by atoms with Crippen molar-refractivity contribution in [2.75, 3.05) is 43.1 Å². The molecule has 0 spiro atoms.